The van der Waals surface area contributed by atoms with Crippen LogP contribution in [0.1, 0.15) is 30.1 Å². The quantitative estimate of drug-likeness (QED) is 0.854. The number of amides is 1. The van der Waals surface area contributed by atoms with Crippen LogP contribution >= 0.6 is 11.6 Å². The van der Waals surface area contributed by atoms with Crippen LogP contribution in [0.5, 0.6) is 0 Å². The highest BCUT2D eigenvalue weighted by atomic mass is 35.5. The fourth-order valence-corrected chi connectivity index (χ4v) is 4.31. The van der Waals surface area contributed by atoms with Gasteiger partial charge >= 0.3 is 0 Å². The number of nitrogens with one attached hydrogen (secondary N) is 1. The average molecular weight is 393 g/mol. The van der Waals surface area contributed by atoms with Crippen molar-refractivity contribution in [2.24, 2.45) is 5.92 Å². The lowest BCUT2D eigenvalue weighted by Gasteiger charge is -2.30. The van der Waals surface area contributed by atoms with Crippen LogP contribution in [0.15, 0.2) is 53.4 Å². The average Bonchev–Trinajstić information content (AvgIpc) is 2.64. The van der Waals surface area contributed by atoms with Crippen LogP contribution in [0.4, 0.5) is 5.69 Å². The maximum absolute atomic E-state index is 12.6. The van der Waals surface area contributed by atoms with E-state index in [2.05, 4.69) is 11.6 Å². The summed E-state index contributed by atoms with van der Waals surface area (Å²) in [6.45, 7) is 3.66. The second-order valence-electron chi connectivity index (χ2n) is 6.59. The molecule has 1 fully saturated rings. The number of likely N-dealkylation sites (tertiary alicyclic amines) is 1. The molecule has 0 spiro atoms. The minimum absolute atomic E-state index is 0.0729. The molecule has 1 N–H and O–H groups in total. The van der Waals surface area contributed by atoms with Gasteiger partial charge in [0.1, 0.15) is 0 Å². The van der Waals surface area contributed by atoms with Crippen molar-refractivity contribution >= 4 is 33.2 Å². The molecule has 0 unspecified atom stereocenters. The molecule has 0 radical (unpaired) electrons. The molecule has 7 heteroatoms. The number of hydrogen-bond donors (Lipinski definition) is 1. The first-order chi connectivity index (χ1) is 12.4. The molecule has 1 aliphatic heterocycles. The fraction of sp³-hybridized carbons (Fsp3) is 0.316. The molecule has 1 amide bonds. The first-order valence-electron chi connectivity index (χ1n) is 8.53. The summed E-state index contributed by atoms with van der Waals surface area (Å²) < 4.78 is 27.3. The van der Waals surface area contributed by atoms with Gasteiger partial charge in [-0.25, -0.2) is 8.42 Å². The molecule has 1 heterocycles. The number of halogens is 1. The van der Waals surface area contributed by atoms with Crippen molar-refractivity contribution in [1.29, 1.82) is 0 Å². The van der Waals surface area contributed by atoms with E-state index in [1.807, 2.05) is 4.90 Å². The Morgan fingerprint density at radius 3 is 2.38 bits per heavy atom. The van der Waals surface area contributed by atoms with Gasteiger partial charge in [0.2, 0.25) is 0 Å². The Hall–Kier alpha value is -2.05. The Bertz CT molecular complexity index is 892. The molecule has 2 aromatic rings. The maximum atomic E-state index is 12.6. The predicted molar refractivity (Wildman–Crippen MR) is 103 cm³/mol. The third kappa shape index (κ3) is 4.19. The minimum atomic E-state index is -3.73. The molecule has 0 saturated carbocycles. The molecule has 1 aliphatic rings. The Kier molecular flexibility index (Phi) is 5.53. The van der Waals surface area contributed by atoms with E-state index in [1.165, 1.54) is 24.3 Å². The Morgan fingerprint density at radius 2 is 1.77 bits per heavy atom. The predicted octanol–water partition coefficient (Wildman–Crippen LogP) is 4.01. The number of rotatable bonds is 4. The second kappa shape index (κ2) is 7.68. The van der Waals surface area contributed by atoms with Crippen LogP contribution in [-0.4, -0.2) is 32.3 Å². The minimum Gasteiger partial charge on any atom is -0.339 e. The van der Waals surface area contributed by atoms with Gasteiger partial charge < -0.3 is 4.90 Å². The largest absolute Gasteiger partial charge is 0.339 e. The van der Waals surface area contributed by atoms with Crippen LogP contribution in [0.25, 0.3) is 0 Å². The lowest BCUT2D eigenvalue weighted by atomic mass is 9.98. The lowest BCUT2D eigenvalue weighted by Crippen LogP contribution is -2.37. The molecular formula is C19H21ClN2O3S. The summed E-state index contributed by atoms with van der Waals surface area (Å²) in [6.07, 6.45) is 1.99. The van der Waals surface area contributed by atoms with E-state index in [1.54, 1.807) is 24.3 Å². The summed E-state index contributed by atoms with van der Waals surface area (Å²) >= 11 is 6.23. The number of hydrogen-bond acceptors (Lipinski definition) is 3. The zero-order valence-corrected chi connectivity index (χ0v) is 16.1. The Morgan fingerprint density at radius 1 is 1.12 bits per heavy atom. The summed E-state index contributed by atoms with van der Waals surface area (Å²) in [5, 5.41) is 0.195. The maximum Gasteiger partial charge on any atom is 0.261 e. The van der Waals surface area contributed by atoms with Crippen molar-refractivity contribution in [3.63, 3.8) is 0 Å². The van der Waals surface area contributed by atoms with Gasteiger partial charge in [0.25, 0.3) is 15.9 Å². The number of nitrogens with zero attached hydrogens (tertiary/aromatic N) is 1. The SMILES string of the molecule is CC1CCN(C(=O)c2ccc(NS(=O)(=O)c3ccccc3)c(Cl)c2)CC1. The molecule has 2 aromatic carbocycles. The van der Waals surface area contributed by atoms with Crippen LogP contribution in [-0.2, 0) is 10.0 Å². The van der Waals surface area contributed by atoms with Gasteiger partial charge in [0.15, 0.2) is 0 Å². The van der Waals surface area contributed by atoms with Crippen LogP contribution in [0, 0.1) is 5.92 Å². The summed E-state index contributed by atoms with van der Waals surface area (Å²) in [5.74, 6) is 0.564. The smallest absolute Gasteiger partial charge is 0.261 e. The van der Waals surface area contributed by atoms with E-state index in [-0.39, 0.29) is 21.5 Å². The van der Waals surface area contributed by atoms with Crippen molar-refractivity contribution < 1.29 is 13.2 Å². The standard InChI is InChI=1S/C19H21ClN2O3S/c1-14-9-11-22(12-10-14)19(23)15-7-8-18(17(20)13-15)21-26(24,25)16-5-3-2-4-6-16/h2-8,13-14,21H,9-12H2,1H3. The van der Waals surface area contributed by atoms with Crippen molar-refractivity contribution in [3.8, 4) is 0 Å². The number of carbonyl (C=O) groups excluding carboxylic acids is 1. The van der Waals surface area contributed by atoms with Crippen molar-refractivity contribution in [2.45, 2.75) is 24.7 Å². The summed E-state index contributed by atoms with van der Waals surface area (Å²) in [5.41, 5.74) is 0.714. The number of carbonyl (C=O) groups is 1. The van der Waals surface area contributed by atoms with Gasteiger partial charge in [-0.15, -0.1) is 0 Å². The van der Waals surface area contributed by atoms with Crippen LogP contribution < -0.4 is 4.72 Å². The monoisotopic (exact) mass is 392 g/mol. The summed E-state index contributed by atoms with van der Waals surface area (Å²) in [6, 6.07) is 12.7. The van der Waals surface area contributed by atoms with Crippen molar-refractivity contribution in [1.82, 2.24) is 4.90 Å². The number of piperidine rings is 1. The molecule has 0 bridgehead atoms. The second-order valence-corrected chi connectivity index (χ2v) is 8.68. The van der Waals surface area contributed by atoms with Gasteiger partial charge in [-0.1, -0.05) is 36.7 Å². The Labute approximate surface area is 159 Å². The molecule has 0 aromatic heterocycles. The van der Waals surface area contributed by atoms with E-state index in [0.29, 0.717) is 11.5 Å². The van der Waals surface area contributed by atoms with E-state index in [4.69, 9.17) is 11.6 Å². The highest BCUT2D eigenvalue weighted by molar-refractivity contribution is 7.92. The molecule has 0 atom stereocenters. The number of anilines is 1. The molecule has 5 nitrogen and oxygen atoms in total. The topological polar surface area (TPSA) is 66.5 Å². The molecule has 1 saturated heterocycles. The van der Waals surface area contributed by atoms with Crippen molar-refractivity contribution in [2.75, 3.05) is 17.8 Å². The highest BCUT2D eigenvalue weighted by Gasteiger charge is 2.22. The van der Waals surface area contributed by atoms with Gasteiger partial charge in [-0.05, 0) is 49.1 Å². The summed E-state index contributed by atoms with van der Waals surface area (Å²) in [7, 11) is -3.73. The molecule has 26 heavy (non-hydrogen) atoms. The first-order valence-corrected chi connectivity index (χ1v) is 10.4. The van der Waals surface area contributed by atoms with E-state index in [0.717, 1.165) is 25.9 Å². The zero-order valence-electron chi connectivity index (χ0n) is 14.5. The zero-order chi connectivity index (χ0) is 18.7. The third-order valence-electron chi connectivity index (χ3n) is 4.58. The first kappa shape index (κ1) is 18.7. The molecular weight excluding hydrogens is 372 g/mol. The van der Waals surface area contributed by atoms with Gasteiger partial charge in [0.05, 0.1) is 15.6 Å². The van der Waals surface area contributed by atoms with E-state index >= 15 is 0 Å². The molecule has 0 aliphatic carbocycles. The molecule has 138 valence electrons. The number of sulfonamides is 1. The van der Waals surface area contributed by atoms with Gasteiger partial charge in [0, 0.05) is 18.7 Å². The van der Waals surface area contributed by atoms with Crippen molar-refractivity contribution in [3.05, 3.63) is 59.1 Å². The third-order valence-corrected chi connectivity index (χ3v) is 6.28. The Balaban J connectivity index is 1.77. The fourth-order valence-electron chi connectivity index (χ4n) is 2.93. The van der Waals surface area contributed by atoms with Gasteiger partial charge in [-0.2, -0.15) is 0 Å². The highest BCUT2D eigenvalue weighted by Crippen LogP contribution is 2.27. The number of benzene rings is 2. The van der Waals surface area contributed by atoms with Crippen LogP contribution in [0.3, 0.4) is 0 Å². The van der Waals surface area contributed by atoms with Crippen LogP contribution in [0.2, 0.25) is 5.02 Å². The lowest BCUT2D eigenvalue weighted by molar-refractivity contribution is 0.0697. The van der Waals surface area contributed by atoms with E-state index < -0.39 is 10.0 Å². The molecule has 3 rings (SSSR count). The van der Waals surface area contributed by atoms with Gasteiger partial charge in [-0.3, -0.25) is 9.52 Å². The van der Waals surface area contributed by atoms with E-state index in [9.17, 15) is 13.2 Å². The summed E-state index contributed by atoms with van der Waals surface area (Å²) in [4.78, 5) is 14.6. The normalized spacial score (nSPS) is 15.7.